The van der Waals surface area contributed by atoms with Crippen LogP contribution >= 0.6 is 0 Å². The highest BCUT2D eigenvalue weighted by molar-refractivity contribution is 5.92. The highest BCUT2D eigenvalue weighted by Gasteiger charge is 2.13. The lowest BCUT2D eigenvalue weighted by molar-refractivity contribution is 0.0922. The van der Waals surface area contributed by atoms with Crippen molar-refractivity contribution in [3.63, 3.8) is 0 Å². The molecule has 0 spiro atoms. The first kappa shape index (κ1) is 9.45. The van der Waals surface area contributed by atoms with E-state index >= 15 is 0 Å². The number of carbonyl (C=O) groups excluding carboxylic acids is 1. The molecule has 0 bridgehead atoms. The van der Waals surface area contributed by atoms with E-state index in [1.807, 2.05) is 0 Å². The summed E-state index contributed by atoms with van der Waals surface area (Å²) in [6, 6.07) is 1.79. The van der Waals surface area contributed by atoms with Crippen LogP contribution in [0.4, 0.5) is 0 Å². The molecule has 2 N–H and O–H groups in total. The maximum absolute atomic E-state index is 11.5. The quantitative estimate of drug-likeness (QED) is 0.771. The Kier molecular flexibility index (Phi) is 2.49. The van der Waals surface area contributed by atoms with Gasteiger partial charge in [0.2, 0.25) is 5.76 Å². The van der Waals surface area contributed by atoms with Crippen molar-refractivity contribution in [2.45, 2.75) is 13.5 Å². The highest BCUT2D eigenvalue weighted by Crippen LogP contribution is 2.04. The number of aromatic nitrogens is 3. The minimum absolute atomic E-state index is 0.245. The molecule has 0 radical (unpaired) electrons. The Morgan fingerprint density at radius 1 is 1.67 bits per heavy atom. The molecule has 0 aliphatic rings. The van der Waals surface area contributed by atoms with Gasteiger partial charge in [-0.2, -0.15) is 5.10 Å². The van der Waals surface area contributed by atoms with Crippen molar-refractivity contribution in [2.24, 2.45) is 0 Å². The Morgan fingerprint density at radius 2 is 2.53 bits per heavy atom. The van der Waals surface area contributed by atoms with E-state index in [0.717, 1.165) is 5.69 Å². The molecule has 1 amide bonds. The van der Waals surface area contributed by atoms with E-state index < -0.39 is 0 Å². The number of carbonyl (C=O) groups is 1. The number of amides is 1. The van der Waals surface area contributed by atoms with Gasteiger partial charge in [-0.1, -0.05) is 0 Å². The molecular weight excluding hydrogens is 196 g/mol. The van der Waals surface area contributed by atoms with Crippen LogP contribution in [0.15, 0.2) is 23.1 Å². The van der Waals surface area contributed by atoms with Crippen LogP contribution in [0, 0.1) is 6.92 Å². The van der Waals surface area contributed by atoms with Crippen LogP contribution in [0.5, 0.6) is 0 Å². The van der Waals surface area contributed by atoms with E-state index in [4.69, 9.17) is 4.42 Å². The molecule has 15 heavy (non-hydrogen) atoms. The maximum Gasteiger partial charge on any atom is 0.289 e. The summed E-state index contributed by atoms with van der Waals surface area (Å²) in [6.45, 7) is 2.10. The number of aromatic amines is 1. The van der Waals surface area contributed by atoms with Crippen LogP contribution in [0.3, 0.4) is 0 Å². The first-order chi connectivity index (χ1) is 7.27. The van der Waals surface area contributed by atoms with Crippen molar-refractivity contribution in [3.05, 3.63) is 35.8 Å². The molecule has 2 rings (SSSR count). The molecule has 2 aromatic rings. The van der Waals surface area contributed by atoms with E-state index in [9.17, 15) is 4.79 Å². The monoisotopic (exact) mass is 206 g/mol. The Morgan fingerprint density at radius 3 is 3.13 bits per heavy atom. The number of nitrogens with zero attached hydrogens (tertiary/aromatic N) is 2. The van der Waals surface area contributed by atoms with Gasteiger partial charge < -0.3 is 9.73 Å². The summed E-state index contributed by atoms with van der Waals surface area (Å²) in [7, 11) is 0. The standard InChI is InChI=1S/C9H10N4O2/c1-6-8(15-5-11-6)9(14)10-4-7-2-3-12-13-7/h2-3,5H,4H2,1H3,(H,10,14)(H,12,13). The van der Waals surface area contributed by atoms with E-state index in [0.29, 0.717) is 12.2 Å². The maximum atomic E-state index is 11.5. The molecule has 0 saturated carbocycles. The van der Waals surface area contributed by atoms with Gasteiger partial charge in [-0.15, -0.1) is 0 Å². The van der Waals surface area contributed by atoms with Crippen LogP contribution in [-0.2, 0) is 6.54 Å². The molecule has 6 nitrogen and oxygen atoms in total. The van der Waals surface area contributed by atoms with Crippen LogP contribution in [-0.4, -0.2) is 21.1 Å². The van der Waals surface area contributed by atoms with Crippen molar-refractivity contribution in [1.29, 1.82) is 0 Å². The van der Waals surface area contributed by atoms with Crippen molar-refractivity contribution in [3.8, 4) is 0 Å². The van der Waals surface area contributed by atoms with Crippen LogP contribution in [0.25, 0.3) is 0 Å². The Hall–Kier alpha value is -2.11. The summed E-state index contributed by atoms with van der Waals surface area (Å²) < 4.78 is 4.95. The summed E-state index contributed by atoms with van der Waals surface area (Å²) in [5.74, 6) is -0.0332. The van der Waals surface area contributed by atoms with Gasteiger partial charge in [0.05, 0.1) is 17.9 Å². The summed E-state index contributed by atoms with van der Waals surface area (Å²) in [5, 5.41) is 9.19. The summed E-state index contributed by atoms with van der Waals surface area (Å²) in [5.41, 5.74) is 1.41. The van der Waals surface area contributed by atoms with Gasteiger partial charge in [0.15, 0.2) is 6.39 Å². The van der Waals surface area contributed by atoms with Crippen molar-refractivity contribution >= 4 is 5.91 Å². The van der Waals surface area contributed by atoms with Crippen molar-refractivity contribution in [2.75, 3.05) is 0 Å². The minimum atomic E-state index is -0.278. The molecule has 6 heteroatoms. The fourth-order valence-corrected chi connectivity index (χ4v) is 1.16. The number of aryl methyl sites for hydroxylation is 1. The van der Waals surface area contributed by atoms with Gasteiger partial charge >= 0.3 is 0 Å². The number of hydrogen-bond donors (Lipinski definition) is 2. The fourth-order valence-electron chi connectivity index (χ4n) is 1.16. The smallest absolute Gasteiger partial charge is 0.289 e. The number of rotatable bonds is 3. The Labute approximate surface area is 85.7 Å². The highest BCUT2D eigenvalue weighted by atomic mass is 16.3. The number of nitrogens with one attached hydrogen (secondary N) is 2. The predicted molar refractivity (Wildman–Crippen MR) is 51.0 cm³/mol. The Bertz CT molecular complexity index is 446. The summed E-state index contributed by atoms with van der Waals surface area (Å²) >= 11 is 0. The lowest BCUT2D eigenvalue weighted by Gasteiger charge is -2.00. The van der Waals surface area contributed by atoms with Gasteiger partial charge in [-0.3, -0.25) is 9.89 Å². The molecule has 0 aliphatic carbocycles. The molecule has 2 aromatic heterocycles. The lowest BCUT2D eigenvalue weighted by atomic mass is 10.3. The second kappa shape index (κ2) is 3.95. The lowest BCUT2D eigenvalue weighted by Crippen LogP contribution is -2.23. The van der Waals surface area contributed by atoms with Gasteiger partial charge in [-0.05, 0) is 13.0 Å². The zero-order valence-corrected chi connectivity index (χ0v) is 8.15. The topological polar surface area (TPSA) is 83.8 Å². The van der Waals surface area contributed by atoms with Gasteiger partial charge in [0.25, 0.3) is 5.91 Å². The van der Waals surface area contributed by atoms with Gasteiger partial charge in [-0.25, -0.2) is 4.98 Å². The normalized spacial score (nSPS) is 10.2. The van der Waals surface area contributed by atoms with Crippen molar-refractivity contribution in [1.82, 2.24) is 20.5 Å². The molecule has 0 aliphatic heterocycles. The number of hydrogen-bond acceptors (Lipinski definition) is 4. The fraction of sp³-hybridized carbons (Fsp3) is 0.222. The summed E-state index contributed by atoms with van der Waals surface area (Å²) in [4.78, 5) is 15.4. The first-order valence-electron chi connectivity index (χ1n) is 4.44. The van der Waals surface area contributed by atoms with Crippen LogP contribution < -0.4 is 5.32 Å². The molecular formula is C9H10N4O2. The largest absolute Gasteiger partial charge is 0.438 e. The number of H-pyrrole nitrogens is 1. The zero-order chi connectivity index (χ0) is 10.7. The van der Waals surface area contributed by atoms with Crippen LogP contribution in [0.2, 0.25) is 0 Å². The van der Waals surface area contributed by atoms with E-state index in [-0.39, 0.29) is 11.7 Å². The van der Waals surface area contributed by atoms with E-state index in [2.05, 4.69) is 20.5 Å². The van der Waals surface area contributed by atoms with E-state index in [1.165, 1.54) is 6.39 Å². The third-order valence-electron chi connectivity index (χ3n) is 1.95. The molecule has 0 aromatic carbocycles. The number of oxazole rings is 1. The predicted octanol–water partition coefficient (Wildman–Crippen LogP) is 0.636. The minimum Gasteiger partial charge on any atom is -0.438 e. The molecule has 78 valence electrons. The second-order valence-electron chi connectivity index (χ2n) is 3.03. The summed E-state index contributed by atoms with van der Waals surface area (Å²) in [6.07, 6.45) is 2.88. The third kappa shape index (κ3) is 2.04. The SMILES string of the molecule is Cc1ncoc1C(=O)NCc1ccn[nH]1. The average molecular weight is 206 g/mol. The molecule has 2 heterocycles. The molecule has 0 atom stereocenters. The zero-order valence-electron chi connectivity index (χ0n) is 8.15. The van der Waals surface area contributed by atoms with Gasteiger partial charge in [0, 0.05) is 6.20 Å². The van der Waals surface area contributed by atoms with Crippen molar-refractivity contribution < 1.29 is 9.21 Å². The van der Waals surface area contributed by atoms with Crippen LogP contribution in [0.1, 0.15) is 21.9 Å². The third-order valence-corrected chi connectivity index (χ3v) is 1.95. The molecule has 0 saturated heterocycles. The van der Waals surface area contributed by atoms with Gasteiger partial charge in [0.1, 0.15) is 0 Å². The molecule has 0 fully saturated rings. The Balaban J connectivity index is 1.96. The second-order valence-corrected chi connectivity index (χ2v) is 3.03. The van der Waals surface area contributed by atoms with E-state index in [1.54, 1.807) is 19.2 Å². The first-order valence-corrected chi connectivity index (χ1v) is 4.44. The molecule has 0 unspecified atom stereocenters. The average Bonchev–Trinajstić information content (AvgIpc) is 2.84.